The molecule has 2 atom stereocenters. The molecule has 0 aliphatic carbocycles. The maximum atomic E-state index is 11.5. The first-order valence-electron chi connectivity index (χ1n) is 6.28. The van der Waals surface area contributed by atoms with Gasteiger partial charge >= 0.3 is 0 Å². The fraction of sp³-hybridized carbons (Fsp3) is 0.462. The van der Waals surface area contributed by atoms with Gasteiger partial charge in [0.15, 0.2) is 5.69 Å². The van der Waals surface area contributed by atoms with Gasteiger partial charge < -0.3 is 16.0 Å². The summed E-state index contributed by atoms with van der Waals surface area (Å²) in [5, 5.41) is 11.9. The lowest BCUT2D eigenvalue weighted by atomic mass is 10.2. The predicted molar refractivity (Wildman–Crippen MR) is 71.4 cm³/mol. The van der Waals surface area contributed by atoms with E-state index in [1.807, 2.05) is 12.1 Å². The summed E-state index contributed by atoms with van der Waals surface area (Å²) < 4.78 is 0. The van der Waals surface area contributed by atoms with Crippen molar-refractivity contribution in [3.63, 3.8) is 0 Å². The van der Waals surface area contributed by atoms with Gasteiger partial charge in [0.2, 0.25) is 5.91 Å². The van der Waals surface area contributed by atoms with Gasteiger partial charge in [0, 0.05) is 25.3 Å². The van der Waals surface area contributed by atoms with Crippen molar-refractivity contribution in [3.05, 3.63) is 24.0 Å². The molecule has 6 nitrogen and oxygen atoms in total. The van der Waals surface area contributed by atoms with Crippen molar-refractivity contribution in [2.45, 2.75) is 25.4 Å². The van der Waals surface area contributed by atoms with Crippen LogP contribution < -0.4 is 16.0 Å². The minimum atomic E-state index is -0.498. The topological polar surface area (TPSA) is 95.0 Å². The molecular formula is C13H17N5O. The normalized spacial score (nSPS) is 19.8. The number of pyridine rings is 1. The summed E-state index contributed by atoms with van der Waals surface area (Å²) >= 11 is 0. The number of nitrogens with one attached hydrogen (secondary N) is 1. The van der Waals surface area contributed by atoms with Crippen LogP contribution in [0.15, 0.2) is 18.3 Å². The van der Waals surface area contributed by atoms with E-state index in [1.54, 1.807) is 13.1 Å². The molecule has 2 rings (SSSR count). The number of carbonyl (C=O) groups is 1. The van der Waals surface area contributed by atoms with E-state index in [4.69, 9.17) is 11.0 Å². The number of nitriles is 1. The molecule has 1 saturated heterocycles. The molecule has 100 valence electrons. The van der Waals surface area contributed by atoms with Crippen molar-refractivity contribution in [2.75, 3.05) is 18.0 Å². The largest absolute Gasteiger partial charge is 0.367 e. The number of aromatic nitrogens is 1. The first-order chi connectivity index (χ1) is 9.11. The van der Waals surface area contributed by atoms with Crippen LogP contribution in [0.2, 0.25) is 0 Å². The summed E-state index contributed by atoms with van der Waals surface area (Å²) in [5.41, 5.74) is 6.77. The van der Waals surface area contributed by atoms with E-state index in [0.29, 0.717) is 12.2 Å². The first kappa shape index (κ1) is 13.3. The number of hydrogen-bond donors (Lipinski definition) is 2. The molecule has 1 fully saturated rings. The molecule has 6 heteroatoms. The van der Waals surface area contributed by atoms with E-state index in [9.17, 15) is 4.79 Å². The Hall–Kier alpha value is -2.13. The Morgan fingerprint density at radius 1 is 1.74 bits per heavy atom. The predicted octanol–water partition coefficient (Wildman–Crippen LogP) is -0.00462. The van der Waals surface area contributed by atoms with E-state index >= 15 is 0 Å². The zero-order valence-electron chi connectivity index (χ0n) is 10.8. The van der Waals surface area contributed by atoms with Gasteiger partial charge in [-0.25, -0.2) is 4.98 Å². The highest BCUT2D eigenvalue weighted by molar-refractivity contribution is 5.81. The Morgan fingerprint density at radius 3 is 3.21 bits per heavy atom. The molecule has 0 bridgehead atoms. The van der Waals surface area contributed by atoms with Gasteiger partial charge in [-0.3, -0.25) is 4.79 Å². The lowest BCUT2D eigenvalue weighted by Gasteiger charge is -2.20. The third-order valence-corrected chi connectivity index (χ3v) is 3.18. The highest BCUT2D eigenvalue weighted by Crippen LogP contribution is 2.22. The quantitative estimate of drug-likeness (QED) is 0.796. The van der Waals surface area contributed by atoms with E-state index in [1.165, 1.54) is 0 Å². The molecule has 0 radical (unpaired) electrons. The summed E-state index contributed by atoms with van der Waals surface area (Å²) in [4.78, 5) is 17.7. The minimum Gasteiger partial charge on any atom is -0.367 e. The van der Waals surface area contributed by atoms with Crippen LogP contribution in [0.5, 0.6) is 0 Å². The van der Waals surface area contributed by atoms with Gasteiger partial charge in [0.25, 0.3) is 0 Å². The van der Waals surface area contributed by atoms with Gasteiger partial charge in [-0.05, 0) is 25.5 Å². The van der Waals surface area contributed by atoms with Crippen molar-refractivity contribution in [1.29, 1.82) is 5.26 Å². The molecule has 0 saturated carbocycles. The second kappa shape index (κ2) is 5.67. The van der Waals surface area contributed by atoms with Crippen molar-refractivity contribution in [2.24, 2.45) is 5.73 Å². The lowest BCUT2D eigenvalue weighted by Crippen LogP contribution is -2.45. The Kier molecular flexibility index (Phi) is 3.97. The Bertz CT molecular complexity index is 508. The molecule has 1 aliphatic rings. The molecular weight excluding hydrogens is 242 g/mol. The summed E-state index contributed by atoms with van der Waals surface area (Å²) in [6, 6.07) is 5.35. The van der Waals surface area contributed by atoms with Gasteiger partial charge in [-0.15, -0.1) is 0 Å². The summed E-state index contributed by atoms with van der Waals surface area (Å²) in [6.07, 6.45) is 2.45. The average molecular weight is 259 g/mol. The van der Waals surface area contributed by atoms with Crippen LogP contribution in [0.1, 0.15) is 19.0 Å². The maximum absolute atomic E-state index is 11.5. The van der Waals surface area contributed by atoms with Crippen LogP contribution in [-0.2, 0) is 4.79 Å². The number of anilines is 1. The van der Waals surface area contributed by atoms with Crippen LogP contribution in [0, 0.1) is 11.3 Å². The number of nitrogens with zero attached hydrogens (tertiary/aromatic N) is 3. The van der Waals surface area contributed by atoms with Crippen molar-refractivity contribution in [3.8, 4) is 6.07 Å². The zero-order chi connectivity index (χ0) is 13.8. The van der Waals surface area contributed by atoms with E-state index in [2.05, 4.69) is 21.3 Å². The number of hydrogen-bond acceptors (Lipinski definition) is 5. The molecule has 1 aromatic heterocycles. The molecule has 19 heavy (non-hydrogen) atoms. The van der Waals surface area contributed by atoms with Gasteiger partial charge in [0.05, 0.1) is 11.7 Å². The van der Waals surface area contributed by atoms with Crippen molar-refractivity contribution in [1.82, 2.24) is 10.3 Å². The molecule has 0 aromatic carbocycles. The molecule has 1 amide bonds. The van der Waals surface area contributed by atoms with Gasteiger partial charge in [0.1, 0.15) is 6.07 Å². The fourth-order valence-electron chi connectivity index (χ4n) is 2.17. The van der Waals surface area contributed by atoms with E-state index < -0.39 is 6.04 Å². The molecule has 0 spiro atoms. The SMILES string of the molecule is C[C@H](N)C(=O)N[C@H]1CCN(c2cccnc2C#N)C1. The van der Waals surface area contributed by atoms with E-state index in [0.717, 1.165) is 18.7 Å². The highest BCUT2D eigenvalue weighted by Gasteiger charge is 2.26. The van der Waals surface area contributed by atoms with Crippen LogP contribution in [0.3, 0.4) is 0 Å². The van der Waals surface area contributed by atoms with Crippen molar-refractivity contribution < 1.29 is 4.79 Å². The highest BCUT2D eigenvalue weighted by atomic mass is 16.2. The monoisotopic (exact) mass is 259 g/mol. The van der Waals surface area contributed by atoms with Crippen LogP contribution in [0.4, 0.5) is 5.69 Å². The number of carbonyl (C=O) groups excluding carboxylic acids is 1. The second-order valence-corrected chi connectivity index (χ2v) is 4.71. The van der Waals surface area contributed by atoms with Crippen LogP contribution in [-0.4, -0.2) is 36.1 Å². The Labute approximate surface area is 112 Å². The summed E-state index contributed by atoms with van der Waals surface area (Å²) in [7, 11) is 0. The van der Waals surface area contributed by atoms with Gasteiger partial charge in [-0.2, -0.15) is 5.26 Å². The maximum Gasteiger partial charge on any atom is 0.236 e. The minimum absolute atomic E-state index is 0.0743. The first-order valence-corrected chi connectivity index (χ1v) is 6.28. The van der Waals surface area contributed by atoms with E-state index in [-0.39, 0.29) is 11.9 Å². The molecule has 1 aliphatic heterocycles. The fourth-order valence-corrected chi connectivity index (χ4v) is 2.17. The van der Waals surface area contributed by atoms with Crippen LogP contribution >= 0.6 is 0 Å². The summed E-state index contributed by atoms with van der Waals surface area (Å²) in [6.45, 7) is 3.14. The lowest BCUT2D eigenvalue weighted by molar-refractivity contribution is -0.122. The zero-order valence-corrected chi connectivity index (χ0v) is 10.8. The third kappa shape index (κ3) is 3.01. The van der Waals surface area contributed by atoms with Crippen LogP contribution in [0.25, 0.3) is 0 Å². The number of amides is 1. The molecule has 3 N–H and O–H groups in total. The Morgan fingerprint density at radius 2 is 2.53 bits per heavy atom. The third-order valence-electron chi connectivity index (χ3n) is 3.18. The average Bonchev–Trinajstić information content (AvgIpc) is 2.86. The van der Waals surface area contributed by atoms with Crippen molar-refractivity contribution >= 4 is 11.6 Å². The summed E-state index contributed by atoms with van der Waals surface area (Å²) in [5.74, 6) is -0.140. The molecule has 0 unspecified atom stereocenters. The smallest absolute Gasteiger partial charge is 0.236 e. The molecule has 1 aromatic rings. The Balaban J connectivity index is 2.03. The standard InChI is InChI=1S/C13H17N5O/c1-9(15)13(19)17-10-4-6-18(8-10)12-3-2-5-16-11(12)7-14/h2-3,5,9-10H,4,6,8,15H2,1H3,(H,17,19)/t9-,10-/m0/s1. The second-order valence-electron chi connectivity index (χ2n) is 4.71. The van der Waals surface area contributed by atoms with Gasteiger partial charge in [-0.1, -0.05) is 0 Å². The molecule has 2 heterocycles. The number of rotatable bonds is 3. The number of nitrogens with two attached hydrogens (primary N) is 1.